The van der Waals surface area contributed by atoms with Crippen LogP contribution in [0.2, 0.25) is 0 Å². The maximum absolute atomic E-state index is 5.87. The van der Waals surface area contributed by atoms with Gasteiger partial charge < -0.3 is 5.73 Å². The third-order valence-corrected chi connectivity index (χ3v) is 2.75. The standard InChI is InChI=1S/C13H17N3/c1-8(2)11-12(15-16-13(11)14)10-6-4-9(3)5-7-10/h4-8H,1-3H3,(H3,14,15,16). The van der Waals surface area contributed by atoms with E-state index in [9.17, 15) is 0 Å². The van der Waals surface area contributed by atoms with Gasteiger partial charge in [-0.3, -0.25) is 5.10 Å². The number of anilines is 1. The van der Waals surface area contributed by atoms with Gasteiger partial charge in [0.2, 0.25) is 0 Å². The zero-order valence-electron chi connectivity index (χ0n) is 9.91. The van der Waals surface area contributed by atoms with E-state index in [1.165, 1.54) is 5.56 Å². The Labute approximate surface area is 95.7 Å². The number of nitrogens with two attached hydrogens (primary N) is 1. The largest absolute Gasteiger partial charge is 0.382 e. The summed E-state index contributed by atoms with van der Waals surface area (Å²) in [5.41, 5.74) is 10.4. The number of hydrogen-bond acceptors (Lipinski definition) is 2. The number of rotatable bonds is 2. The van der Waals surface area contributed by atoms with Crippen molar-refractivity contribution in [2.24, 2.45) is 0 Å². The van der Waals surface area contributed by atoms with Crippen LogP contribution in [0.5, 0.6) is 0 Å². The van der Waals surface area contributed by atoms with Crippen LogP contribution in [0.4, 0.5) is 5.82 Å². The van der Waals surface area contributed by atoms with Crippen molar-refractivity contribution in [3.63, 3.8) is 0 Å². The summed E-state index contributed by atoms with van der Waals surface area (Å²) in [6.45, 7) is 6.33. The SMILES string of the molecule is Cc1ccc(-c2[nH]nc(N)c2C(C)C)cc1. The van der Waals surface area contributed by atoms with E-state index in [0.29, 0.717) is 11.7 Å². The van der Waals surface area contributed by atoms with E-state index in [-0.39, 0.29) is 0 Å². The molecule has 2 aromatic rings. The molecule has 0 amide bonds. The molecule has 3 N–H and O–H groups in total. The highest BCUT2D eigenvalue weighted by atomic mass is 15.2. The Hall–Kier alpha value is -1.77. The summed E-state index contributed by atoms with van der Waals surface area (Å²) in [5.74, 6) is 0.973. The molecule has 1 aromatic carbocycles. The first-order chi connectivity index (χ1) is 7.59. The van der Waals surface area contributed by atoms with Gasteiger partial charge in [0.15, 0.2) is 0 Å². The van der Waals surface area contributed by atoms with Crippen molar-refractivity contribution in [2.45, 2.75) is 26.7 Å². The molecule has 0 saturated carbocycles. The van der Waals surface area contributed by atoms with Gasteiger partial charge in [-0.1, -0.05) is 43.7 Å². The number of nitrogen functional groups attached to an aromatic ring is 1. The number of aromatic nitrogens is 2. The molecule has 1 heterocycles. The van der Waals surface area contributed by atoms with Gasteiger partial charge in [-0.2, -0.15) is 5.10 Å². The fourth-order valence-corrected chi connectivity index (χ4v) is 1.89. The van der Waals surface area contributed by atoms with Crippen molar-refractivity contribution in [3.05, 3.63) is 35.4 Å². The highest BCUT2D eigenvalue weighted by Crippen LogP contribution is 2.31. The fraction of sp³-hybridized carbons (Fsp3) is 0.308. The molecule has 16 heavy (non-hydrogen) atoms. The van der Waals surface area contributed by atoms with E-state index in [4.69, 9.17) is 5.73 Å². The summed E-state index contributed by atoms with van der Waals surface area (Å²) in [6.07, 6.45) is 0. The average Bonchev–Trinajstić information content (AvgIpc) is 2.61. The molecule has 0 aliphatic heterocycles. The molecule has 3 heteroatoms. The first-order valence-corrected chi connectivity index (χ1v) is 5.50. The zero-order chi connectivity index (χ0) is 11.7. The lowest BCUT2D eigenvalue weighted by atomic mass is 9.98. The minimum Gasteiger partial charge on any atom is -0.382 e. The highest BCUT2D eigenvalue weighted by molar-refractivity contribution is 5.69. The molecule has 0 radical (unpaired) electrons. The molecule has 84 valence electrons. The van der Waals surface area contributed by atoms with Crippen LogP contribution in [0.1, 0.15) is 30.9 Å². The molecule has 0 atom stereocenters. The van der Waals surface area contributed by atoms with Gasteiger partial charge in [-0.15, -0.1) is 0 Å². The summed E-state index contributed by atoms with van der Waals surface area (Å²) in [5, 5.41) is 7.11. The second-order valence-electron chi connectivity index (χ2n) is 4.42. The van der Waals surface area contributed by atoms with Gasteiger partial charge in [0, 0.05) is 5.56 Å². The molecule has 0 aliphatic carbocycles. The average molecular weight is 215 g/mol. The first-order valence-electron chi connectivity index (χ1n) is 5.50. The van der Waals surface area contributed by atoms with Crippen molar-refractivity contribution >= 4 is 5.82 Å². The molecule has 0 unspecified atom stereocenters. The van der Waals surface area contributed by atoms with Crippen LogP contribution in [0.3, 0.4) is 0 Å². The van der Waals surface area contributed by atoms with Crippen LogP contribution in [-0.4, -0.2) is 10.2 Å². The number of nitrogens with zero attached hydrogens (tertiary/aromatic N) is 1. The second kappa shape index (κ2) is 4.00. The summed E-state index contributed by atoms with van der Waals surface area (Å²) in [6, 6.07) is 8.37. The molecule has 0 bridgehead atoms. The number of H-pyrrole nitrogens is 1. The quantitative estimate of drug-likeness (QED) is 0.808. The maximum Gasteiger partial charge on any atom is 0.149 e. The van der Waals surface area contributed by atoms with Crippen LogP contribution in [0.25, 0.3) is 11.3 Å². The summed E-state index contributed by atoms with van der Waals surface area (Å²) in [4.78, 5) is 0. The fourth-order valence-electron chi connectivity index (χ4n) is 1.89. The highest BCUT2D eigenvalue weighted by Gasteiger charge is 2.15. The molecular formula is C13H17N3. The van der Waals surface area contributed by atoms with Gasteiger partial charge in [-0.25, -0.2) is 0 Å². The summed E-state index contributed by atoms with van der Waals surface area (Å²) < 4.78 is 0. The van der Waals surface area contributed by atoms with Crippen molar-refractivity contribution in [3.8, 4) is 11.3 Å². The number of aromatic amines is 1. The molecule has 1 aromatic heterocycles. The second-order valence-corrected chi connectivity index (χ2v) is 4.42. The van der Waals surface area contributed by atoms with Crippen molar-refractivity contribution in [1.29, 1.82) is 0 Å². The molecule has 0 spiro atoms. The van der Waals surface area contributed by atoms with E-state index >= 15 is 0 Å². The lowest BCUT2D eigenvalue weighted by Crippen LogP contribution is -1.95. The van der Waals surface area contributed by atoms with Crippen LogP contribution in [0, 0.1) is 6.92 Å². The number of hydrogen-bond donors (Lipinski definition) is 2. The van der Waals surface area contributed by atoms with Crippen molar-refractivity contribution < 1.29 is 0 Å². The Morgan fingerprint density at radius 3 is 2.38 bits per heavy atom. The Balaban J connectivity index is 2.52. The van der Waals surface area contributed by atoms with Crippen LogP contribution in [-0.2, 0) is 0 Å². The maximum atomic E-state index is 5.87. The van der Waals surface area contributed by atoms with E-state index in [2.05, 4.69) is 55.2 Å². The number of benzene rings is 1. The monoisotopic (exact) mass is 215 g/mol. The Morgan fingerprint density at radius 2 is 1.81 bits per heavy atom. The lowest BCUT2D eigenvalue weighted by molar-refractivity contribution is 0.873. The Morgan fingerprint density at radius 1 is 1.19 bits per heavy atom. The summed E-state index contributed by atoms with van der Waals surface area (Å²) in [7, 11) is 0. The van der Waals surface area contributed by atoms with Crippen molar-refractivity contribution in [2.75, 3.05) is 5.73 Å². The van der Waals surface area contributed by atoms with Gasteiger partial charge >= 0.3 is 0 Å². The normalized spacial score (nSPS) is 11.0. The predicted octanol–water partition coefficient (Wildman–Crippen LogP) is 3.09. The Kier molecular flexibility index (Phi) is 2.69. The van der Waals surface area contributed by atoms with Gasteiger partial charge in [0.1, 0.15) is 5.82 Å². The minimum atomic E-state index is 0.370. The minimum absolute atomic E-state index is 0.370. The van der Waals surface area contributed by atoms with Crippen LogP contribution in [0.15, 0.2) is 24.3 Å². The number of nitrogens with one attached hydrogen (secondary N) is 1. The zero-order valence-corrected chi connectivity index (χ0v) is 9.91. The molecule has 3 nitrogen and oxygen atoms in total. The number of aryl methyl sites for hydroxylation is 1. The predicted molar refractivity (Wildman–Crippen MR) is 67.3 cm³/mol. The topological polar surface area (TPSA) is 54.7 Å². The van der Waals surface area contributed by atoms with E-state index in [0.717, 1.165) is 16.8 Å². The molecule has 0 fully saturated rings. The third-order valence-electron chi connectivity index (χ3n) is 2.75. The van der Waals surface area contributed by atoms with Crippen LogP contribution >= 0.6 is 0 Å². The Bertz CT molecular complexity index is 480. The summed E-state index contributed by atoms with van der Waals surface area (Å²) >= 11 is 0. The van der Waals surface area contributed by atoms with Crippen LogP contribution < -0.4 is 5.73 Å². The van der Waals surface area contributed by atoms with Gasteiger partial charge in [-0.05, 0) is 18.4 Å². The van der Waals surface area contributed by atoms with E-state index in [1.807, 2.05) is 0 Å². The van der Waals surface area contributed by atoms with Gasteiger partial charge in [0.05, 0.1) is 5.69 Å². The molecule has 0 aliphatic rings. The van der Waals surface area contributed by atoms with Gasteiger partial charge in [0.25, 0.3) is 0 Å². The molecule has 2 rings (SSSR count). The molecular weight excluding hydrogens is 198 g/mol. The molecule has 0 saturated heterocycles. The smallest absolute Gasteiger partial charge is 0.149 e. The van der Waals surface area contributed by atoms with E-state index in [1.54, 1.807) is 0 Å². The van der Waals surface area contributed by atoms with Crippen molar-refractivity contribution in [1.82, 2.24) is 10.2 Å². The lowest BCUT2D eigenvalue weighted by Gasteiger charge is -2.07. The third kappa shape index (κ3) is 1.81. The first kappa shape index (κ1) is 10.7. The van der Waals surface area contributed by atoms with E-state index < -0.39 is 0 Å².